The van der Waals surface area contributed by atoms with Gasteiger partial charge < -0.3 is 5.32 Å². The van der Waals surface area contributed by atoms with Crippen LogP contribution in [0.1, 0.15) is 12.0 Å². The van der Waals surface area contributed by atoms with E-state index in [-0.39, 0.29) is 23.0 Å². The average Bonchev–Trinajstić information content (AvgIpc) is 3.07. The summed E-state index contributed by atoms with van der Waals surface area (Å²) in [5, 5.41) is 3.25. The molecule has 0 saturated carbocycles. The molecule has 1 amide bonds. The number of hydrogen-bond donors (Lipinski definition) is 1. The molecule has 8 heteroatoms. The molecule has 0 unspecified atom stereocenters. The summed E-state index contributed by atoms with van der Waals surface area (Å²) >= 11 is 7.42. The Balaban J connectivity index is 1.69. The van der Waals surface area contributed by atoms with Gasteiger partial charge in [0.2, 0.25) is 5.91 Å². The fourth-order valence-corrected chi connectivity index (χ4v) is 4.61. The summed E-state index contributed by atoms with van der Waals surface area (Å²) in [7, 11) is -3.49. The standard InChI is InChI=1S/C17H15ClN2O3S2/c1-11-2-4-12(5-3-11)25(22,23)9-8-15(21)20-14-7-6-13(18)16-17(14)24-10-19-16/h2-7,10H,8-9H2,1H3,(H,20,21). The third-order valence-electron chi connectivity index (χ3n) is 3.69. The second-order valence-electron chi connectivity index (χ2n) is 5.56. The highest BCUT2D eigenvalue weighted by Gasteiger charge is 2.17. The van der Waals surface area contributed by atoms with Crippen molar-refractivity contribution in [2.24, 2.45) is 0 Å². The van der Waals surface area contributed by atoms with Crippen molar-refractivity contribution >= 4 is 54.6 Å². The molecule has 1 N–H and O–H groups in total. The topological polar surface area (TPSA) is 76.1 Å². The van der Waals surface area contributed by atoms with Crippen LogP contribution in [0, 0.1) is 6.92 Å². The van der Waals surface area contributed by atoms with E-state index in [9.17, 15) is 13.2 Å². The summed E-state index contributed by atoms with van der Waals surface area (Å²) in [5.74, 6) is -0.617. The number of benzene rings is 2. The lowest BCUT2D eigenvalue weighted by atomic mass is 10.2. The first-order valence-corrected chi connectivity index (χ1v) is 10.4. The molecule has 0 bridgehead atoms. The van der Waals surface area contributed by atoms with E-state index in [1.165, 1.54) is 11.3 Å². The minimum absolute atomic E-state index is 0.126. The van der Waals surface area contributed by atoms with E-state index in [1.807, 2.05) is 6.92 Å². The Morgan fingerprint density at radius 2 is 1.92 bits per heavy atom. The lowest BCUT2D eigenvalue weighted by Crippen LogP contribution is -2.17. The molecule has 3 aromatic rings. The molecular formula is C17H15ClN2O3S2. The van der Waals surface area contributed by atoms with Crippen molar-refractivity contribution in [3.8, 4) is 0 Å². The van der Waals surface area contributed by atoms with E-state index in [0.717, 1.165) is 10.3 Å². The average molecular weight is 395 g/mol. The summed E-state index contributed by atoms with van der Waals surface area (Å²) in [6.45, 7) is 1.89. The van der Waals surface area contributed by atoms with Crippen molar-refractivity contribution in [2.45, 2.75) is 18.2 Å². The molecule has 0 aliphatic heterocycles. The molecule has 0 atom stereocenters. The summed E-state index contributed by atoms with van der Waals surface area (Å²) in [6, 6.07) is 9.94. The van der Waals surface area contributed by atoms with E-state index in [4.69, 9.17) is 11.6 Å². The van der Waals surface area contributed by atoms with Gasteiger partial charge >= 0.3 is 0 Å². The zero-order chi connectivity index (χ0) is 18.0. The maximum Gasteiger partial charge on any atom is 0.225 e. The number of carbonyl (C=O) groups is 1. The van der Waals surface area contributed by atoms with E-state index >= 15 is 0 Å². The molecule has 0 aliphatic carbocycles. The zero-order valence-corrected chi connectivity index (χ0v) is 15.7. The fourth-order valence-electron chi connectivity index (χ4n) is 2.32. The maximum atomic E-state index is 12.3. The van der Waals surface area contributed by atoms with Crippen LogP contribution in [0.5, 0.6) is 0 Å². The Bertz CT molecular complexity index is 1030. The normalized spacial score (nSPS) is 11.6. The molecule has 130 valence electrons. The summed E-state index contributed by atoms with van der Waals surface area (Å²) in [4.78, 5) is 16.6. The van der Waals surface area contributed by atoms with Crippen LogP contribution in [0.4, 0.5) is 5.69 Å². The predicted octanol–water partition coefficient (Wildman–Crippen LogP) is 4.06. The monoisotopic (exact) mass is 394 g/mol. The van der Waals surface area contributed by atoms with Gasteiger partial charge in [-0.3, -0.25) is 4.79 Å². The third kappa shape index (κ3) is 4.00. The van der Waals surface area contributed by atoms with Gasteiger partial charge in [0.15, 0.2) is 9.84 Å². The van der Waals surface area contributed by atoms with Gasteiger partial charge in [-0.05, 0) is 31.2 Å². The number of nitrogens with zero attached hydrogens (tertiary/aromatic N) is 1. The smallest absolute Gasteiger partial charge is 0.225 e. The van der Waals surface area contributed by atoms with Crippen LogP contribution in [-0.4, -0.2) is 25.1 Å². The Labute approximate surface area is 154 Å². The highest BCUT2D eigenvalue weighted by Crippen LogP contribution is 2.32. The molecular weight excluding hydrogens is 380 g/mol. The number of amides is 1. The van der Waals surface area contributed by atoms with Crippen molar-refractivity contribution in [1.82, 2.24) is 4.98 Å². The Morgan fingerprint density at radius 3 is 2.64 bits per heavy atom. The van der Waals surface area contributed by atoms with Crippen LogP contribution < -0.4 is 5.32 Å². The van der Waals surface area contributed by atoms with E-state index in [1.54, 1.807) is 41.9 Å². The van der Waals surface area contributed by atoms with Gasteiger partial charge in [0.05, 0.1) is 31.6 Å². The van der Waals surface area contributed by atoms with Crippen LogP contribution in [0.3, 0.4) is 0 Å². The molecule has 1 heterocycles. The number of rotatable bonds is 5. The lowest BCUT2D eigenvalue weighted by molar-refractivity contribution is -0.115. The van der Waals surface area contributed by atoms with Crippen molar-refractivity contribution < 1.29 is 13.2 Å². The number of carbonyl (C=O) groups excluding carboxylic acids is 1. The molecule has 1 aromatic heterocycles. The number of anilines is 1. The van der Waals surface area contributed by atoms with Gasteiger partial charge in [0, 0.05) is 6.42 Å². The Morgan fingerprint density at radius 1 is 1.20 bits per heavy atom. The summed E-state index contributed by atoms with van der Waals surface area (Å²) in [6.07, 6.45) is -0.126. The number of sulfone groups is 1. The molecule has 0 spiro atoms. The van der Waals surface area contributed by atoms with Crippen molar-refractivity contribution in [3.05, 3.63) is 52.5 Å². The van der Waals surface area contributed by atoms with Crippen LogP contribution in [0.25, 0.3) is 10.2 Å². The van der Waals surface area contributed by atoms with Crippen molar-refractivity contribution in [1.29, 1.82) is 0 Å². The van der Waals surface area contributed by atoms with Crippen molar-refractivity contribution in [2.75, 3.05) is 11.1 Å². The number of hydrogen-bond acceptors (Lipinski definition) is 5. The molecule has 25 heavy (non-hydrogen) atoms. The van der Waals surface area contributed by atoms with Crippen LogP contribution in [0.2, 0.25) is 5.02 Å². The van der Waals surface area contributed by atoms with Crippen LogP contribution in [-0.2, 0) is 14.6 Å². The molecule has 0 aliphatic rings. The first kappa shape index (κ1) is 17.8. The number of aryl methyl sites for hydroxylation is 1. The van der Waals surface area contributed by atoms with E-state index in [0.29, 0.717) is 16.2 Å². The first-order chi connectivity index (χ1) is 11.9. The molecule has 2 aromatic carbocycles. The van der Waals surface area contributed by atoms with Gasteiger partial charge in [-0.15, -0.1) is 11.3 Å². The van der Waals surface area contributed by atoms with Gasteiger partial charge in [0.1, 0.15) is 5.52 Å². The van der Waals surface area contributed by atoms with Crippen LogP contribution >= 0.6 is 22.9 Å². The summed E-state index contributed by atoms with van der Waals surface area (Å²) < 4.78 is 25.4. The molecule has 3 rings (SSSR count). The highest BCUT2D eigenvalue weighted by atomic mass is 35.5. The van der Waals surface area contributed by atoms with Gasteiger partial charge in [-0.2, -0.15) is 0 Å². The number of nitrogens with one attached hydrogen (secondary N) is 1. The fraction of sp³-hybridized carbons (Fsp3) is 0.176. The largest absolute Gasteiger partial charge is 0.325 e. The number of aromatic nitrogens is 1. The zero-order valence-electron chi connectivity index (χ0n) is 13.3. The molecule has 0 radical (unpaired) electrons. The molecule has 0 fully saturated rings. The van der Waals surface area contributed by atoms with E-state index in [2.05, 4.69) is 10.3 Å². The maximum absolute atomic E-state index is 12.3. The summed E-state index contributed by atoms with van der Waals surface area (Å²) in [5.41, 5.74) is 3.83. The second kappa shape index (κ2) is 7.11. The predicted molar refractivity (Wildman–Crippen MR) is 101 cm³/mol. The van der Waals surface area contributed by atoms with Gasteiger partial charge in [0.25, 0.3) is 0 Å². The number of fused-ring (bicyclic) bond motifs is 1. The third-order valence-corrected chi connectivity index (χ3v) is 6.58. The SMILES string of the molecule is Cc1ccc(S(=O)(=O)CCC(=O)Nc2ccc(Cl)c3ncsc23)cc1. The minimum atomic E-state index is -3.49. The van der Waals surface area contributed by atoms with Crippen LogP contribution in [0.15, 0.2) is 46.8 Å². The van der Waals surface area contributed by atoms with E-state index < -0.39 is 9.84 Å². The number of thiazole rings is 1. The minimum Gasteiger partial charge on any atom is -0.325 e. The quantitative estimate of drug-likeness (QED) is 0.707. The van der Waals surface area contributed by atoms with Crippen molar-refractivity contribution in [3.63, 3.8) is 0 Å². The van der Waals surface area contributed by atoms with Gasteiger partial charge in [-0.25, -0.2) is 13.4 Å². The Kier molecular flexibility index (Phi) is 5.08. The molecule has 0 saturated heterocycles. The first-order valence-electron chi connectivity index (χ1n) is 7.48. The van der Waals surface area contributed by atoms with Gasteiger partial charge in [-0.1, -0.05) is 29.3 Å². The highest BCUT2D eigenvalue weighted by molar-refractivity contribution is 7.91. The Hall–Kier alpha value is -1.96. The number of halogens is 1. The molecule has 5 nitrogen and oxygen atoms in total. The lowest BCUT2D eigenvalue weighted by Gasteiger charge is -2.08. The second-order valence-corrected chi connectivity index (χ2v) is 8.93.